The van der Waals surface area contributed by atoms with E-state index in [1.54, 1.807) is 0 Å². The van der Waals surface area contributed by atoms with E-state index in [4.69, 9.17) is 0 Å². The van der Waals surface area contributed by atoms with Crippen LogP contribution in [0.5, 0.6) is 0 Å². The largest absolute Gasteiger partial charge is 0.358 e. The summed E-state index contributed by atoms with van der Waals surface area (Å²) in [5.41, 5.74) is 1.26. The molecule has 1 aliphatic heterocycles. The van der Waals surface area contributed by atoms with Crippen molar-refractivity contribution in [2.24, 2.45) is 5.92 Å². The fraction of sp³-hybridized carbons (Fsp3) is 0.636. The molecule has 0 N–H and O–H groups in total. The average molecular weight is 178 g/mol. The summed E-state index contributed by atoms with van der Waals surface area (Å²) in [4.78, 5) is 4.44. The van der Waals surface area contributed by atoms with Crippen molar-refractivity contribution in [3.05, 3.63) is 24.7 Å². The van der Waals surface area contributed by atoms with Crippen molar-refractivity contribution in [2.75, 3.05) is 14.1 Å². The second-order valence-corrected chi connectivity index (χ2v) is 4.18. The molecule has 0 radical (unpaired) electrons. The molecule has 0 spiro atoms. The molecule has 2 heteroatoms. The van der Waals surface area contributed by atoms with Crippen molar-refractivity contribution < 1.29 is 0 Å². The van der Waals surface area contributed by atoms with Gasteiger partial charge in [0, 0.05) is 31.8 Å². The van der Waals surface area contributed by atoms with E-state index < -0.39 is 0 Å². The summed E-state index contributed by atoms with van der Waals surface area (Å²) in [6.45, 7) is 8.24. The van der Waals surface area contributed by atoms with Gasteiger partial charge < -0.3 is 9.80 Å². The van der Waals surface area contributed by atoms with Crippen LogP contribution in [0.4, 0.5) is 0 Å². The fourth-order valence-corrected chi connectivity index (χ4v) is 2.64. The molecule has 2 rings (SSSR count). The number of fused-ring (bicyclic) bond motifs is 1. The first-order chi connectivity index (χ1) is 6.13. The molecule has 1 aliphatic carbocycles. The summed E-state index contributed by atoms with van der Waals surface area (Å²) in [6, 6.07) is 0.663. The molecule has 2 fully saturated rings. The molecule has 1 saturated carbocycles. The van der Waals surface area contributed by atoms with Crippen molar-refractivity contribution in [3.63, 3.8) is 0 Å². The zero-order chi connectivity index (χ0) is 9.59. The Balaban J connectivity index is 2.29. The minimum atomic E-state index is 0.663. The topological polar surface area (TPSA) is 6.48 Å². The Kier molecular flexibility index (Phi) is 1.86. The van der Waals surface area contributed by atoms with Gasteiger partial charge in [0.2, 0.25) is 0 Å². The van der Waals surface area contributed by atoms with Crippen molar-refractivity contribution in [2.45, 2.75) is 25.3 Å². The summed E-state index contributed by atoms with van der Waals surface area (Å²) in [5, 5.41) is 0. The molecule has 1 heterocycles. The molecule has 13 heavy (non-hydrogen) atoms. The standard InChI is InChI=1S/C11H18N2/c1-8-10-6-5-7-11(10)13(4)9(2)12(8)3/h10-11H,1-2,5-7H2,3-4H3. The summed E-state index contributed by atoms with van der Waals surface area (Å²) in [7, 11) is 4.21. The Morgan fingerprint density at radius 3 is 2.62 bits per heavy atom. The predicted molar refractivity (Wildman–Crippen MR) is 54.9 cm³/mol. The van der Waals surface area contributed by atoms with Gasteiger partial charge in [0.25, 0.3) is 0 Å². The van der Waals surface area contributed by atoms with Crippen LogP contribution in [0, 0.1) is 5.92 Å². The summed E-state index contributed by atoms with van der Waals surface area (Å²) in [6.07, 6.45) is 3.93. The molecule has 0 aromatic carbocycles. The lowest BCUT2D eigenvalue weighted by atomic mass is 9.95. The van der Waals surface area contributed by atoms with Crippen LogP contribution in [-0.2, 0) is 0 Å². The predicted octanol–water partition coefficient (Wildman–Crippen LogP) is 2.02. The molecule has 0 amide bonds. The monoisotopic (exact) mass is 178 g/mol. The van der Waals surface area contributed by atoms with Crippen LogP contribution < -0.4 is 0 Å². The Labute approximate surface area is 80.5 Å². The molecule has 0 aromatic rings. The molecule has 0 bridgehead atoms. The third-order valence-electron chi connectivity index (χ3n) is 3.63. The number of hydrogen-bond donors (Lipinski definition) is 0. The van der Waals surface area contributed by atoms with Gasteiger partial charge in [0.1, 0.15) is 5.82 Å². The van der Waals surface area contributed by atoms with Crippen molar-refractivity contribution in [1.82, 2.24) is 9.80 Å². The van der Waals surface area contributed by atoms with Crippen LogP contribution in [0.2, 0.25) is 0 Å². The van der Waals surface area contributed by atoms with Gasteiger partial charge in [-0.25, -0.2) is 0 Å². The quantitative estimate of drug-likeness (QED) is 0.560. The van der Waals surface area contributed by atoms with Crippen molar-refractivity contribution in [3.8, 4) is 0 Å². The lowest BCUT2D eigenvalue weighted by Crippen LogP contribution is -2.46. The molecule has 2 atom stereocenters. The van der Waals surface area contributed by atoms with Gasteiger partial charge in [-0.2, -0.15) is 0 Å². The highest BCUT2D eigenvalue weighted by molar-refractivity contribution is 5.18. The van der Waals surface area contributed by atoms with E-state index in [9.17, 15) is 0 Å². The van der Waals surface area contributed by atoms with E-state index in [1.807, 2.05) is 0 Å². The van der Waals surface area contributed by atoms with E-state index in [0.717, 1.165) is 5.82 Å². The maximum Gasteiger partial charge on any atom is 0.100 e. The lowest BCUT2D eigenvalue weighted by Gasteiger charge is -2.45. The van der Waals surface area contributed by atoms with Gasteiger partial charge in [-0.05, 0) is 12.8 Å². The lowest BCUT2D eigenvalue weighted by molar-refractivity contribution is 0.150. The molecule has 72 valence electrons. The molecule has 0 aromatic heterocycles. The first kappa shape index (κ1) is 8.67. The summed E-state index contributed by atoms with van der Waals surface area (Å²) < 4.78 is 0. The fourth-order valence-electron chi connectivity index (χ4n) is 2.64. The maximum atomic E-state index is 4.16. The first-order valence-corrected chi connectivity index (χ1v) is 4.97. The third-order valence-corrected chi connectivity index (χ3v) is 3.63. The molecule has 2 unspecified atom stereocenters. The third kappa shape index (κ3) is 1.08. The molecular weight excluding hydrogens is 160 g/mol. The van der Waals surface area contributed by atoms with E-state index >= 15 is 0 Å². The number of hydrogen-bond acceptors (Lipinski definition) is 2. The van der Waals surface area contributed by atoms with E-state index in [0.29, 0.717) is 12.0 Å². The zero-order valence-corrected chi connectivity index (χ0v) is 8.58. The maximum absolute atomic E-state index is 4.16. The van der Waals surface area contributed by atoms with Crippen LogP contribution in [-0.4, -0.2) is 29.9 Å². The van der Waals surface area contributed by atoms with E-state index in [1.165, 1.54) is 25.0 Å². The Bertz CT molecular complexity index is 257. The summed E-state index contributed by atoms with van der Waals surface area (Å²) >= 11 is 0. The Hall–Kier alpha value is -0.920. The van der Waals surface area contributed by atoms with Gasteiger partial charge in [-0.15, -0.1) is 0 Å². The minimum absolute atomic E-state index is 0.663. The Morgan fingerprint density at radius 2 is 1.92 bits per heavy atom. The van der Waals surface area contributed by atoms with Gasteiger partial charge in [0.05, 0.1) is 0 Å². The SMILES string of the molecule is C=C1C2CCCC2N(C)C(=C)N1C. The zero-order valence-electron chi connectivity index (χ0n) is 8.58. The second kappa shape index (κ2) is 2.79. The molecule has 2 nitrogen and oxygen atoms in total. The van der Waals surface area contributed by atoms with E-state index in [2.05, 4.69) is 37.1 Å². The van der Waals surface area contributed by atoms with E-state index in [-0.39, 0.29) is 0 Å². The molecular formula is C11H18N2. The van der Waals surface area contributed by atoms with Gasteiger partial charge in [0.15, 0.2) is 0 Å². The number of rotatable bonds is 0. The second-order valence-electron chi connectivity index (χ2n) is 4.18. The smallest absolute Gasteiger partial charge is 0.100 e. The highest BCUT2D eigenvalue weighted by Crippen LogP contribution is 2.41. The van der Waals surface area contributed by atoms with Gasteiger partial charge >= 0.3 is 0 Å². The van der Waals surface area contributed by atoms with Crippen LogP contribution in [0.15, 0.2) is 24.7 Å². The molecule has 1 saturated heterocycles. The average Bonchev–Trinajstić information content (AvgIpc) is 2.59. The van der Waals surface area contributed by atoms with Crippen LogP contribution in [0.25, 0.3) is 0 Å². The highest BCUT2D eigenvalue weighted by Gasteiger charge is 2.39. The van der Waals surface area contributed by atoms with Crippen LogP contribution in [0.1, 0.15) is 19.3 Å². The van der Waals surface area contributed by atoms with Gasteiger partial charge in [-0.1, -0.05) is 19.6 Å². The summed E-state index contributed by atoms with van der Waals surface area (Å²) in [5.74, 6) is 1.76. The van der Waals surface area contributed by atoms with Crippen molar-refractivity contribution >= 4 is 0 Å². The first-order valence-electron chi connectivity index (χ1n) is 4.97. The van der Waals surface area contributed by atoms with Gasteiger partial charge in [-0.3, -0.25) is 0 Å². The minimum Gasteiger partial charge on any atom is -0.358 e. The normalized spacial score (nSPS) is 34.0. The van der Waals surface area contributed by atoms with Crippen molar-refractivity contribution in [1.29, 1.82) is 0 Å². The van der Waals surface area contributed by atoms with Crippen LogP contribution in [0.3, 0.4) is 0 Å². The molecule has 2 aliphatic rings. The number of nitrogens with zero attached hydrogens (tertiary/aromatic N) is 2. The Morgan fingerprint density at radius 1 is 1.23 bits per heavy atom. The van der Waals surface area contributed by atoms with Crippen LogP contribution >= 0.6 is 0 Å². The highest BCUT2D eigenvalue weighted by atomic mass is 15.4.